The van der Waals surface area contributed by atoms with Crippen LogP contribution in [0.1, 0.15) is 15.9 Å². The number of nitrogens with zero attached hydrogens (tertiary/aromatic N) is 1. The van der Waals surface area contributed by atoms with Crippen molar-refractivity contribution in [2.45, 2.75) is 6.92 Å². The van der Waals surface area contributed by atoms with Crippen LogP contribution in [0.3, 0.4) is 0 Å². The number of rotatable bonds is 10. The van der Waals surface area contributed by atoms with Gasteiger partial charge in [0.15, 0.2) is 0 Å². The van der Waals surface area contributed by atoms with Gasteiger partial charge in [0.05, 0.1) is 26.8 Å². The molecule has 0 aliphatic carbocycles. The second-order valence-electron chi connectivity index (χ2n) is 6.59. The Labute approximate surface area is 176 Å². The maximum atomic E-state index is 12.8. The summed E-state index contributed by atoms with van der Waals surface area (Å²) in [6.07, 6.45) is 0. The van der Waals surface area contributed by atoms with Crippen molar-refractivity contribution in [3.63, 3.8) is 0 Å². The number of hydrogen-bond acceptors (Lipinski definition) is 5. The lowest BCUT2D eigenvalue weighted by molar-refractivity contribution is -0.124. The number of carbonyl (C=O) groups is 3. The van der Waals surface area contributed by atoms with E-state index in [4.69, 9.17) is 9.47 Å². The molecule has 0 radical (unpaired) electrons. The maximum absolute atomic E-state index is 12.8. The van der Waals surface area contributed by atoms with Crippen molar-refractivity contribution in [2.75, 3.05) is 45.8 Å². The molecule has 0 bridgehead atoms. The van der Waals surface area contributed by atoms with Crippen molar-refractivity contribution in [1.29, 1.82) is 0 Å². The fourth-order valence-corrected chi connectivity index (χ4v) is 2.72. The van der Waals surface area contributed by atoms with E-state index in [9.17, 15) is 14.4 Å². The Bertz CT molecular complexity index is 867. The lowest BCUT2D eigenvalue weighted by Crippen LogP contribution is -2.44. The molecule has 0 aromatic heterocycles. The number of benzene rings is 2. The second kappa shape index (κ2) is 11.6. The molecule has 0 atom stereocenters. The highest BCUT2D eigenvalue weighted by Crippen LogP contribution is 2.14. The van der Waals surface area contributed by atoms with Crippen LogP contribution in [0.2, 0.25) is 0 Å². The number of methoxy groups -OCH3 is 2. The number of amides is 3. The summed E-state index contributed by atoms with van der Waals surface area (Å²) in [5, 5.41) is 5.23. The SMILES string of the molecule is COCCN(CC(=O)NCC(=O)Nc1ccc(OC)cc1)C(=O)c1ccccc1C. The molecule has 8 heteroatoms. The highest BCUT2D eigenvalue weighted by Gasteiger charge is 2.20. The van der Waals surface area contributed by atoms with Gasteiger partial charge in [0.25, 0.3) is 5.91 Å². The number of carbonyl (C=O) groups excluding carboxylic acids is 3. The first-order chi connectivity index (χ1) is 14.4. The van der Waals surface area contributed by atoms with Gasteiger partial charge in [-0.1, -0.05) is 18.2 Å². The number of nitrogens with one attached hydrogen (secondary N) is 2. The minimum atomic E-state index is -0.432. The zero-order valence-corrected chi connectivity index (χ0v) is 17.4. The Kier molecular flexibility index (Phi) is 8.83. The normalized spacial score (nSPS) is 10.2. The molecule has 2 rings (SSSR count). The van der Waals surface area contributed by atoms with Crippen LogP contribution in [0.25, 0.3) is 0 Å². The van der Waals surface area contributed by atoms with E-state index in [1.165, 1.54) is 12.0 Å². The summed E-state index contributed by atoms with van der Waals surface area (Å²) in [6.45, 7) is 2.01. The first-order valence-corrected chi connectivity index (χ1v) is 9.49. The molecule has 30 heavy (non-hydrogen) atoms. The minimum Gasteiger partial charge on any atom is -0.497 e. The van der Waals surface area contributed by atoms with E-state index in [1.54, 1.807) is 43.5 Å². The molecule has 0 fully saturated rings. The van der Waals surface area contributed by atoms with E-state index in [2.05, 4.69) is 10.6 Å². The largest absolute Gasteiger partial charge is 0.497 e. The zero-order valence-electron chi connectivity index (χ0n) is 17.4. The van der Waals surface area contributed by atoms with E-state index in [0.717, 1.165) is 5.56 Å². The van der Waals surface area contributed by atoms with Gasteiger partial charge in [0.1, 0.15) is 5.75 Å². The topological polar surface area (TPSA) is 97.0 Å². The summed E-state index contributed by atoms with van der Waals surface area (Å²) in [6, 6.07) is 14.0. The van der Waals surface area contributed by atoms with Crippen molar-refractivity contribution in [1.82, 2.24) is 10.2 Å². The number of ether oxygens (including phenoxy) is 2. The monoisotopic (exact) mass is 413 g/mol. The molecule has 0 unspecified atom stereocenters. The number of hydrogen-bond donors (Lipinski definition) is 2. The van der Waals surface area contributed by atoms with Gasteiger partial charge < -0.3 is 25.0 Å². The van der Waals surface area contributed by atoms with E-state index in [0.29, 0.717) is 23.6 Å². The molecule has 0 spiro atoms. The van der Waals surface area contributed by atoms with Gasteiger partial charge in [-0.3, -0.25) is 14.4 Å². The van der Waals surface area contributed by atoms with Crippen molar-refractivity contribution in [2.24, 2.45) is 0 Å². The second-order valence-corrected chi connectivity index (χ2v) is 6.59. The molecule has 2 aromatic carbocycles. The van der Waals surface area contributed by atoms with Crippen LogP contribution in [0.15, 0.2) is 48.5 Å². The van der Waals surface area contributed by atoms with Gasteiger partial charge in [-0.2, -0.15) is 0 Å². The summed E-state index contributed by atoms with van der Waals surface area (Å²) in [4.78, 5) is 38.7. The third kappa shape index (κ3) is 6.89. The molecule has 3 amide bonds. The highest BCUT2D eigenvalue weighted by atomic mass is 16.5. The first-order valence-electron chi connectivity index (χ1n) is 9.49. The van der Waals surface area contributed by atoms with Crippen LogP contribution in [-0.2, 0) is 14.3 Å². The van der Waals surface area contributed by atoms with Gasteiger partial charge in [-0.05, 0) is 42.8 Å². The summed E-state index contributed by atoms with van der Waals surface area (Å²) in [5.74, 6) is -0.390. The first kappa shape index (κ1) is 22.9. The van der Waals surface area contributed by atoms with Gasteiger partial charge in [0, 0.05) is 24.9 Å². The van der Waals surface area contributed by atoms with E-state index >= 15 is 0 Å². The van der Waals surface area contributed by atoms with Gasteiger partial charge in [-0.25, -0.2) is 0 Å². The van der Waals surface area contributed by atoms with Gasteiger partial charge in [0.2, 0.25) is 11.8 Å². The molecule has 0 aliphatic heterocycles. The predicted octanol–water partition coefficient (Wildman–Crippen LogP) is 1.85. The summed E-state index contributed by atoms with van der Waals surface area (Å²) >= 11 is 0. The van der Waals surface area contributed by atoms with E-state index in [-0.39, 0.29) is 31.4 Å². The van der Waals surface area contributed by atoms with Crippen LogP contribution in [0.5, 0.6) is 5.75 Å². The maximum Gasteiger partial charge on any atom is 0.254 e. The Morgan fingerprint density at radius 1 is 0.967 bits per heavy atom. The van der Waals surface area contributed by atoms with Crippen LogP contribution < -0.4 is 15.4 Å². The van der Waals surface area contributed by atoms with Crippen LogP contribution in [0.4, 0.5) is 5.69 Å². The highest BCUT2D eigenvalue weighted by molar-refractivity contribution is 5.98. The molecular weight excluding hydrogens is 386 g/mol. The van der Waals surface area contributed by atoms with Crippen LogP contribution in [0, 0.1) is 6.92 Å². The van der Waals surface area contributed by atoms with E-state index < -0.39 is 5.91 Å². The molecule has 0 saturated heterocycles. The standard InChI is InChI=1S/C22H27N3O5/c1-16-6-4-5-7-19(16)22(28)25(12-13-29-2)15-21(27)23-14-20(26)24-17-8-10-18(30-3)11-9-17/h4-11H,12-15H2,1-3H3,(H,23,27)(H,24,26). The lowest BCUT2D eigenvalue weighted by Gasteiger charge is -2.22. The van der Waals surface area contributed by atoms with Gasteiger partial charge in [-0.15, -0.1) is 0 Å². The van der Waals surface area contributed by atoms with Crippen molar-refractivity contribution in [3.8, 4) is 5.75 Å². The third-order valence-corrected chi connectivity index (χ3v) is 4.38. The van der Waals surface area contributed by atoms with Gasteiger partial charge >= 0.3 is 0 Å². The average molecular weight is 413 g/mol. The molecule has 0 saturated carbocycles. The van der Waals surface area contributed by atoms with Crippen molar-refractivity contribution in [3.05, 3.63) is 59.7 Å². The average Bonchev–Trinajstić information content (AvgIpc) is 2.75. The zero-order chi connectivity index (χ0) is 21.9. The Balaban J connectivity index is 1.90. The summed E-state index contributed by atoms with van der Waals surface area (Å²) < 4.78 is 10.1. The van der Waals surface area contributed by atoms with Crippen molar-refractivity contribution >= 4 is 23.4 Å². The molecule has 0 aliphatic rings. The number of anilines is 1. The van der Waals surface area contributed by atoms with Crippen molar-refractivity contribution < 1.29 is 23.9 Å². The number of aryl methyl sites for hydroxylation is 1. The fraction of sp³-hybridized carbons (Fsp3) is 0.318. The van der Waals surface area contributed by atoms with Crippen LogP contribution in [-0.4, -0.2) is 63.1 Å². The Hall–Kier alpha value is -3.39. The molecule has 8 nitrogen and oxygen atoms in total. The smallest absolute Gasteiger partial charge is 0.254 e. The Morgan fingerprint density at radius 3 is 2.30 bits per heavy atom. The predicted molar refractivity (Wildman–Crippen MR) is 114 cm³/mol. The lowest BCUT2D eigenvalue weighted by atomic mass is 10.1. The molecule has 0 heterocycles. The fourth-order valence-electron chi connectivity index (χ4n) is 2.72. The summed E-state index contributed by atoms with van der Waals surface area (Å²) in [5.41, 5.74) is 1.94. The third-order valence-electron chi connectivity index (χ3n) is 4.38. The molecular formula is C22H27N3O5. The molecule has 2 N–H and O–H groups in total. The minimum absolute atomic E-state index is 0.174. The molecule has 2 aromatic rings. The quantitative estimate of drug-likeness (QED) is 0.620. The van der Waals surface area contributed by atoms with Crippen LogP contribution >= 0.6 is 0 Å². The summed E-state index contributed by atoms with van der Waals surface area (Å²) in [7, 11) is 3.09. The Morgan fingerprint density at radius 2 is 1.67 bits per heavy atom. The van der Waals surface area contributed by atoms with E-state index in [1.807, 2.05) is 19.1 Å². The molecule has 160 valence electrons.